The Bertz CT molecular complexity index is 859. The highest BCUT2D eigenvalue weighted by molar-refractivity contribution is 7.15. The van der Waals surface area contributed by atoms with Crippen LogP contribution in [0.5, 0.6) is 0 Å². The van der Waals surface area contributed by atoms with Gasteiger partial charge in [0.1, 0.15) is 0 Å². The third-order valence-corrected chi connectivity index (χ3v) is 6.71. The van der Waals surface area contributed by atoms with Gasteiger partial charge in [-0.2, -0.15) is 0 Å². The van der Waals surface area contributed by atoms with Gasteiger partial charge in [0, 0.05) is 47.1 Å². The van der Waals surface area contributed by atoms with Gasteiger partial charge >= 0.3 is 0 Å². The summed E-state index contributed by atoms with van der Waals surface area (Å²) in [6, 6.07) is 6.51. The van der Waals surface area contributed by atoms with Gasteiger partial charge in [-0.05, 0) is 58.7 Å². The third-order valence-electron chi connectivity index (χ3n) is 5.44. The Morgan fingerprint density at radius 3 is 2.57 bits per heavy atom. The van der Waals surface area contributed by atoms with Crippen molar-refractivity contribution in [1.82, 2.24) is 20.6 Å². The predicted octanol–water partition coefficient (Wildman–Crippen LogP) is 3.53. The molecule has 6 nitrogen and oxygen atoms in total. The maximum atomic E-state index is 11.5. The first-order valence-corrected chi connectivity index (χ1v) is 10.8. The van der Waals surface area contributed by atoms with E-state index in [2.05, 4.69) is 60.8 Å². The molecule has 0 spiro atoms. The predicted molar refractivity (Wildman–Crippen MR) is 114 cm³/mol. The van der Waals surface area contributed by atoms with Crippen molar-refractivity contribution in [2.45, 2.75) is 70.0 Å². The summed E-state index contributed by atoms with van der Waals surface area (Å²) in [5.74, 6) is 1.11. The van der Waals surface area contributed by atoms with E-state index < -0.39 is 0 Å². The second-order valence-electron chi connectivity index (χ2n) is 9.31. The highest BCUT2D eigenvalue weighted by atomic mass is 32.1. The van der Waals surface area contributed by atoms with Crippen molar-refractivity contribution in [3.63, 3.8) is 0 Å². The van der Waals surface area contributed by atoms with E-state index in [1.165, 1.54) is 4.88 Å². The zero-order valence-electron chi connectivity index (χ0n) is 17.0. The zero-order valence-corrected chi connectivity index (χ0v) is 17.8. The number of aromatic nitrogens is 2. The third kappa shape index (κ3) is 4.36. The molecule has 2 saturated heterocycles. The Labute approximate surface area is 170 Å². The summed E-state index contributed by atoms with van der Waals surface area (Å²) in [6.07, 6.45) is 4.45. The molecule has 2 aromatic rings. The number of thiophene rings is 1. The van der Waals surface area contributed by atoms with Crippen LogP contribution in [0.25, 0.3) is 10.6 Å². The lowest BCUT2D eigenvalue weighted by atomic mass is 9.80. The first kappa shape index (κ1) is 19.3. The van der Waals surface area contributed by atoms with Crippen molar-refractivity contribution in [2.24, 2.45) is 0 Å². The number of amides is 1. The molecule has 2 aliphatic rings. The summed E-state index contributed by atoms with van der Waals surface area (Å²) < 4.78 is 0. The second kappa shape index (κ2) is 7.12. The molecule has 2 fully saturated rings. The average Bonchev–Trinajstić information content (AvgIpc) is 3.21. The van der Waals surface area contributed by atoms with Crippen LogP contribution in [0.3, 0.4) is 0 Å². The monoisotopic (exact) mass is 399 g/mol. The van der Waals surface area contributed by atoms with Gasteiger partial charge in [0.05, 0.1) is 10.6 Å². The van der Waals surface area contributed by atoms with Gasteiger partial charge in [-0.15, -0.1) is 11.3 Å². The highest BCUT2D eigenvalue weighted by Crippen LogP contribution is 2.35. The maximum Gasteiger partial charge on any atom is 0.223 e. The van der Waals surface area contributed by atoms with Crippen molar-refractivity contribution in [3.05, 3.63) is 29.3 Å². The number of carbonyl (C=O) groups excluding carboxylic acids is 1. The van der Waals surface area contributed by atoms with E-state index in [9.17, 15) is 4.79 Å². The Balaban J connectivity index is 1.49. The van der Waals surface area contributed by atoms with Crippen LogP contribution in [0.1, 0.15) is 57.8 Å². The number of nitrogens with zero attached hydrogens (tertiary/aromatic N) is 2. The molecule has 28 heavy (non-hydrogen) atoms. The van der Waals surface area contributed by atoms with Gasteiger partial charge in [-0.3, -0.25) is 4.79 Å². The van der Waals surface area contributed by atoms with Crippen LogP contribution in [0, 0.1) is 0 Å². The summed E-state index contributed by atoms with van der Waals surface area (Å²) in [6.45, 7) is 9.72. The molecule has 1 amide bonds. The molecule has 4 heterocycles. The zero-order chi connectivity index (χ0) is 19.9. The molecule has 1 unspecified atom stereocenters. The Morgan fingerprint density at radius 2 is 1.89 bits per heavy atom. The standard InChI is InChI=1S/C21H29N5OS/c1-20(2)10-14(11-21(3,4)26-20)24-19-22-8-7-15(25-19)17-6-5-16(28-17)13-9-18(27)23-12-13/h5-8,13-14,26H,9-12H2,1-4H3,(H,23,27)(H,22,24,25). The highest BCUT2D eigenvalue weighted by Gasteiger charge is 2.37. The van der Waals surface area contributed by atoms with Crippen LogP contribution < -0.4 is 16.0 Å². The minimum atomic E-state index is 0.0758. The normalized spacial score (nSPS) is 24.1. The number of rotatable bonds is 4. The molecule has 0 saturated carbocycles. The topological polar surface area (TPSA) is 78.9 Å². The van der Waals surface area contributed by atoms with Gasteiger partial charge < -0.3 is 16.0 Å². The van der Waals surface area contributed by atoms with Crippen molar-refractivity contribution < 1.29 is 4.79 Å². The molecule has 0 aliphatic carbocycles. The largest absolute Gasteiger partial charge is 0.355 e. The fraction of sp³-hybridized carbons (Fsp3) is 0.571. The summed E-state index contributed by atoms with van der Waals surface area (Å²) in [4.78, 5) is 23.1. The molecule has 1 atom stereocenters. The van der Waals surface area contributed by atoms with Crippen LogP contribution in [0.15, 0.2) is 24.4 Å². The van der Waals surface area contributed by atoms with Crippen molar-refractivity contribution in [3.8, 4) is 10.6 Å². The molecule has 0 radical (unpaired) electrons. The lowest BCUT2D eigenvalue weighted by Gasteiger charge is -2.46. The number of carbonyl (C=O) groups is 1. The second-order valence-corrected chi connectivity index (χ2v) is 10.4. The minimum Gasteiger partial charge on any atom is -0.355 e. The fourth-order valence-corrected chi connectivity index (χ4v) is 5.77. The number of hydrogen-bond acceptors (Lipinski definition) is 6. The fourth-order valence-electron chi connectivity index (χ4n) is 4.69. The van der Waals surface area contributed by atoms with E-state index in [-0.39, 0.29) is 22.9 Å². The lowest BCUT2D eigenvalue weighted by Crippen LogP contribution is -2.60. The minimum absolute atomic E-state index is 0.0758. The molecule has 0 bridgehead atoms. The van der Waals surface area contributed by atoms with Crippen LogP contribution in [-0.2, 0) is 4.79 Å². The molecular weight excluding hydrogens is 370 g/mol. The van der Waals surface area contributed by atoms with Crippen molar-refractivity contribution in [1.29, 1.82) is 0 Å². The number of hydrogen-bond donors (Lipinski definition) is 3. The molecule has 2 aliphatic heterocycles. The summed E-state index contributed by atoms with van der Waals surface area (Å²) >= 11 is 1.72. The average molecular weight is 400 g/mol. The first-order valence-electron chi connectivity index (χ1n) is 9.95. The first-order chi connectivity index (χ1) is 13.2. The maximum absolute atomic E-state index is 11.5. The van der Waals surface area contributed by atoms with E-state index in [0.717, 1.165) is 30.0 Å². The van der Waals surface area contributed by atoms with Gasteiger partial charge in [0.2, 0.25) is 11.9 Å². The van der Waals surface area contributed by atoms with Gasteiger partial charge in [-0.1, -0.05) is 0 Å². The Morgan fingerprint density at radius 1 is 1.14 bits per heavy atom. The van der Waals surface area contributed by atoms with E-state index in [1.54, 1.807) is 11.3 Å². The van der Waals surface area contributed by atoms with Crippen LogP contribution in [0.4, 0.5) is 5.95 Å². The number of anilines is 1. The summed E-state index contributed by atoms with van der Waals surface area (Å²) in [7, 11) is 0. The summed E-state index contributed by atoms with van der Waals surface area (Å²) in [5, 5.41) is 10.2. The Hall–Kier alpha value is -1.99. The van der Waals surface area contributed by atoms with Gasteiger partial charge in [0.15, 0.2) is 0 Å². The van der Waals surface area contributed by atoms with E-state index in [0.29, 0.717) is 18.4 Å². The smallest absolute Gasteiger partial charge is 0.223 e. The molecule has 4 rings (SSSR count). The van der Waals surface area contributed by atoms with Crippen LogP contribution >= 0.6 is 11.3 Å². The Kier molecular flexibility index (Phi) is 4.91. The van der Waals surface area contributed by atoms with Crippen LogP contribution in [-0.4, -0.2) is 39.5 Å². The molecule has 0 aromatic carbocycles. The van der Waals surface area contributed by atoms with Crippen molar-refractivity contribution in [2.75, 3.05) is 11.9 Å². The lowest BCUT2D eigenvalue weighted by molar-refractivity contribution is -0.119. The molecular formula is C21H29N5OS. The number of nitrogens with one attached hydrogen (secondary N) is 3. The number of piperidine rings is 1. The molecule has 7 heteroatoms. The quantitative estimate of drug-likeness (QED) is 0.733. The molecule has 3 N–H and O–H groups in total. The van der Waals surface area contributed by atoms with Crippen molar-refractivity contribution >= 4 is 23.2 Å². The molecule has 2 aromatic heterocycles. The van der Waals surface area contributed by atoms with Gasteiger partial charge in [0.25, 0.3) is 0 Å². The summed E-state index contributed by atoms with van der Waals surface area (Å²) in [5.41, 5.74) is 1.08. The SMILES string of the molecule is CC1(C)CC(Nc2nccc(-c3ccc(C4CNC(=O)C4)s3)n2)CC(C)(C)N1. The van der Waals surface area contributed by atoms with Gasteiger partial charge in [-0.25, -0.2) is 9.97 Å². The molecule has 150 valence electrons. The van der Waals surface area contributed by atoms with E-state index in [1.807, 2.05) is 12.3 Å². The van der Waals surface area contributed by atoms with E-state index >= 15 is 0 Å². The van der Waals surface area contributed by atoms with E-state index in [4.69, 9.17) is 4.98 Å². The van der Waals surface area contributed by atoms with Crippen LogP contribution in [0.2, 0.25) is 0 Å².